The minimum Gasteiger partial charge on any atom is -0.356 e. The van der Waals surface area contributed by atoms with Gasteiger partial charge in [-0.3, -0.25) is 4.79 Å². The van der Waals surface area contributed by atoms with Gasteiger partial charge in [0.25, 0.3) is 0 Å². The van der Waals surface area contributed by atoms with Crippen molar-refractivity contribution in [2.24, 2.45) is 5.92 Å². The number of piperidine rings is 1. The van der Waals surface area contributed by atoms with E-state index in [0.717, 1.165) is 38.6 Å². The molecule has 1 saturated heterocycles. The molecule has 0 aromatic carbocycles. The van der Waals surface area contributed by atoms with E-state index in [0.29, 0.717) is 19.1 Å². The van der Waals surface area contributed by atoms with E-state index >= 15 is 0 Å². The monoisotopic (exact) mass is 295 g/mol. The molecule has 1 aliphatic carbocycles. The van der Waals surface area contributed by atoms with Gasteiger partial charge in [-0.15, -0.1) is 0 Å². The van der Waals surface area contributed by atoms with Crippen molar-refractivity contribution in [3.8, 4) is 0 Å². The average molecular weight is 295 g/mol. The van der Waals surface area contributed by atoms with E-state index in [1.54, 1.807) is 0 Å². The van der Waals surface area contributed by atoms with Gasteiger partial charge in [0, 0.05) is 31.6 Å². The highest BCUT2D eigenvalue weighted by atomic mass is 16.2. The lowest BCUT2D eigenvalue weighted by Crippen LogP contribution is -2.49. The Morgan fingerprint density at radius 1 is 1.05 bits per heavy atom. The van der Waals surface area contributed by atoms with Crippen molar-refractivity contribution in [2.45, 2.75) is 64.3 Å². The van der Waals surface area contributed by atoms with Crippen LogP contribution in [0.4, 0.5) is 4.79 Å². The summed E-state index contributed by atoms with van der Waals surface area (Å²) in [4.78, 5) is 26.0. The third-order valence-electron chi connectivity index (χ3n) is 4.63. The Labute approximate surface area is 127 Å². The first-order valence-corrected chi connectivity index (χ1v) is 8.54. The van der Waals surface area contributed by atoms with E-state index < -0.39 is 0 Å². The molecule has 1 saturated carbocycles. The molecule has 2 N–H and O–H groups in total. The van der Waals surface area contributed by atoms with Gasteiger partial charge < -0.3 is 15.5 Å². The molecule has 0 radical (unpaired) electrons. The Morgan fingerprint density at radius 2 is 1.71 bits per heavy atom. The number of hydrogen-bond donors (Lipinski definition) is 2. The van der Waals surface area contributed by atoms with E-state index in [2.05, 4.69) is 17.6 Å². The number of carbonyl (C=O) groups excluding carboxylic acids is 2. The van der Waals surface area contributed by atoms with Gasteiger partial charge >= 0.3 is 6.03 Å². The number of amides is 3. The summed E-state index contributed by atoms with van der Waals surface area (Å²) in [5, 5.41) is 6.11. The van der Waals surface area contributed by atoms with Gasteiger partial charge in [0.1, 0.15) is 0 Å². The summed E-state index contributed by atoms with van der Waals surface area (Å²) in [6.07, 6.45) is 8.51. The summed E-state index contributed by atoms with van der Waals surface area (Å²) < 4.78 is 0. The highest BCUT2D eigenvalue weighted by Crippen LogP contribution is 2.20. The zero-order valence-electron chi connectivity index (χ0n) is 13.2. The molecule has 21 heavy (non-hydrogen) atoms. The maximum absolute atomic E-state index is 12.2. The molecule has 0 unspecified atom stereocenters. The maximum Gasteiger partial charge on any atom is 0.317 e. The zero-order valence-corrected chi connectivity index (χ0v) is 13.2. The lowest BCUT2D eigenvalue weighted by Gasteiger charge is -2.33. The second-order valence-electron chi connectivity index (χ2n) is 6.34. The lowest BCUT2D eigenvalue weighted by atomic mass is 9.95. The molecule has 5 nitrogen and oxygen atoms in total. The number of rotatable bonds is 4. The van der Waals surface area contributed by atoms with Crippen molar-refractivity contribution in [1.82, 2.24) is 15.5 Å². The third kappa shape index (κ3) is 4.90. The SMILES string of the molecule is CCCNC(=O)C1CCN(C(=O)NC2CCCCC2)CC1. The highest BCUT2D eigenvalue weighted by Gasteiger charge is 2.28. The largest absolute Gasteiger partial charge is 0.356 e. The van der Waals surface area contributed by atoms with Gasteiger partial charge in [-0.25, -0.2) is 4.79 Å². The molecule has 0 aromatic rings. The Balaban J connectivity index is 1.70. The van der Waals surface area contributed by atoms with Crippen molar-refractivity contribution >= 4 is 11.9 Å². The Morgan fingerprint density at radius 3 is 2.33 bits per heavy atom. The minimum absolute atomic E-state index is 0.0642. The van der Waals surface area contributed by atoms with Crippen LogP contribution in [0.1, 0.15) is 58.3 Å². The standard InChI is InChI=1S/C16H29N3O2/c1-2-10-17-15(20)13-8-11-19(12-9-13)16(21)18-14-6-4-3-5-7-14/h13-14H,2-12H2,1H3,(H,17,20)(H,18,21). The molecule has 0 atom stereocenters. The van der Waals surface area contributed by atoms with Crippen LogP contribution < -0.4 is 10.6 Å². The first-order chi connectivity index (χ1) is 10.2. The Bertz CT molecular complexity index is 345. The maximum atomic E-state index is 12.2. The van der Waals surface area contributed by atoms with Gasteiger partial charge in [0.2, 0.25) is 5.91 Å². The number of urea groups is 1. The van der Waals surface area contributed by atoms with Crippen molar-refractivity contribution < 1.29 is 9.59 Å². The minimum atomic E-state index is 0.0642. The summed E-state index contributed by atoms with van der Waals surface area (Å²) in [6.45, 7) is 4.20. The fourth-order valence-electron chi connectivity index (χ4n) is 3.25. The van der Waals surface area contributed by atoms with Crippen LogP contribution in [0.25, 0.3) is 0 Å². The predicted octanol–water partition coefficient (Wildman–Crippen LogP) is 2.27. The molecular formula is C16H29N3O2. The number of hydrogen-bond acceptors (Lipinski definition) is 2. The van der Waals surface area contributed by atoms with Crippen LogP contribution in [0.2, 0.25) is 0 Å². The van der Waals surface area contributed by atoms with Gasteiger partial charge in [0.15, 0.2) is 0 Å². The molecule has 3 amide bonds. The second kappa shape index (κ2) is 8.25. The van der Waals surface area contributed by atoms with Crippen molar-refractivity contribution in [3.05, 3.63) is 0 Å². The molecule has 0 bridgehead atoms. The van der Waals surface area contributed by atoms with E-state index in [1.165, 1.54) is 19.3 Å². The third-order valence-corrected chi connectivity index (χ3v) is 4.63. The fraction of sp³-hybridized carbons (Fsp3) is 0.875. The van der Waals surface area contributed by atoms with Crippen LogP contribution in [-0.4, -0.2) is 42.5 Å². The van der Waals surface area contributed by atoms with E-state index in [9.17, 15) is 9.59 Å². The van der Waals surface area contributed by atoms with Crippen molar-refractivity contribution in [2.75, 3.05) is 19.6 Å². The quantitative estimate of drug-likeness (QED) is 0.836. The molecule has 1 heterocycles. The topological polar surface area (TPSA) is 61.4 Å². The van der Waals surface area contributed by atoms with Crippen LogP contribution in [0, 0.1) is 5.92 Å². The van der Waals surface area contributed by atoms with Crippen LogP contribution in [-0.2, 0) is 4.79 Å². The molecule has 2 rings (SSSR count). The first-order valence-electron chi connectivity index (χ1n) is 8.54. The van der Waals surface area contributed by atoms with Gasteiger partial charge in [0.05, 0.1) is 0 Å². The zero-order chi connectivity index (χ0) is 15.1. The number of nitrogens with one attached hydrogen (secondary N) is 2. The van der Waals surface area contributed by atoms with Crippen LogP contribution in [0.3, 0.4) is 0 Å². The fourth-order valence-corrected chi connectivity index (χ4v) is 3.25. The molecular weight excluding hydrogens is 266 g/mol. The first kappa shape index (κ1) is 16.1. The summed E-state index contributed by atoms with van der Waals surface area (Å²) in [6, 6.07) is 0.422. The summed E-state index contributed by atoms with van der Waals surface area (Å²) in [5.41, 5.74) is 0. The molecule has 2 fully saturated rings. The van der Waals surface area contributed by atoms with Crippen LogP contribution in [0.15, 0.2) is 0 Å². The van der Waals surface area contributed by atoms with Gasteiger partial charge in [-0.1, -0.05) is 26.2 Å². The summed E-state index contributed by atoms with van der Waals surface area (Å²) in [5.74, 6) is 0.236. The Hall–Kier alpha value is -1.26. The molecule has 120 valence electrons. The Kier molecular flexibility index (Phi) is 6.33. The summed E-state index contributed by atoms with van der Waals surface area (Å²) >= 11 is 0. The van der Waals surface area contributed by atoms with Crippen LogP contribution >= 0.6 is 0 Å². The van der Waals surface area contributed by atoms with E-state index in [4.69, 9.17) is 0 Å². The molecule has 2 aliphatic rings. The number of nitrogens with zero attached hydrogens (tertiary/aromatic N) is 1. The van der Waals surface area contributed by atoms with Gasteiger partial charge in [-0.05, 0) is 32.1 Å². The molecule has 1 aliphatic heterocycles. The lowest BCUT2D eigenvalue weighted by molar-refractivity contribution is -0.126. The molecule has 0 spiro atoms. The number of carbonyl (C=O) groups is 2. The van der Waals surface area contributed by atoms with Crippen molar-refractivity contribution in [1.29, 1.82) is 0 Å². The van der Waals surface area contributed by atoms with E-state index in [-0.39, 0.29) is 17.9 Å². The average Bonchev–Trinajstić information content (AvgIpc) is 2.53. The van der Waals surface area contributed by atoms with Gasteiger partial charge in [-0.2, -0.15) is 0 Å². The normalized spacial score (nSPS) is 21.1. The second-order valence-corrected chi connectivity index (χ2v) is 6.34. The predicted molar refractivity (Wildman–Crippen MR) is 83.0 cm³/mol. The number of likely N-dealkylation sites (tertiary alicyclic amines) is 1. The summed E-state index contributed by atoms with van der Waals surface area (Å²) in [7, 11) is 0. The smallest absolute Gasteiger partial charge is 0.317 e. The van der Waals surface area contributed by atoms with Crippen molar-refractivity contribution in [3.63, 3.8) is 0 Å². The highest BCUT2D eigenvalue weighted by molar-refractivity contribution is 5.79. The molecule has 0 aromatic heterocycles. The molecule has 5 heteroatoms. The van der Waals surface area contributed by atoms with Crippen LogP contribution in [0.5, 0.6) is 0 Å². The van der Waals surface area contributed by atoms with E-state index in [1.807, 2.05) is 4.90 Å².